The molecule has 3 saturated heterocycles. The Hall–Kier alpha value is -2.58. The molecule has 0 radical (unpaired) electrons. The van der Waals surface area contributed by atoms with E-state index in [0.29, 0.717) is 28.0 Å². The van der Waals surface area contributed by atoms with Crippen LogP contribution in [0, 0.1) is 17.7 Å². The van der Waals surface area contributed by atoms with Gasteiger partial charge in [-0.25, -0.2) is 9.29 Å². The highest BCUT2D eigenvalue weighted by Crippen LogP contribution is 2.60. The van der Waals surface area contributed by atoms with E-state index in [9.17, 15) is 18.8 Å². The van der Waals surface area contributed by atoms with Crippen LogP contribution in [0.5, 0.6) is 0 Å². The van der Waals surface area contributed by atoms with E-state index in [2.05, 4.69) is 21.2 Å². The molecule has 6 nitrogen and oxygen atoms in total. The van der Waals surface area contributed by atoms with Gasteiger partial charge in [-0.05, 0) is 65.6 Å². The number of carbonyl (C=O) groups excluding carboxylic acids is 3. The molecule has 0 aliphatic carbocycles. The number of hydrogen-bond donors (Lipinski definition) is 1. The van der Waals surface area contributed by atoms with Crippen molar-refractivity contribution in [3.63, 3.8) is 0 Å². The molecule has 1 spiro atoms. The Morgan fingerprint density at radius 3 is 2.70 bits per heavy atom. The van der Waals surface area contributed by atoms with Gasteiger partial charge in [-0.15, -0.1) is 0 Å². The van der Waals surface area contributed by atoms with E-state index >= 15 is 0 Å². The predicted molar refractivity (Wildman–Crippen MR) is 110 cm³/mol. The molecule has 4 atom stereocenters. The molecule has 152 valence electrons. The molecule has 2 aromatic carbocycles. The van der Waals surface area contributed by atoms with Crippen molar-refractivity contribution in [2.75, 3.05) is 16.8 Å². The maximum absolute atomic E-state index is 14.3. The van der Waals surface area contributed by atoms with E-state index in [0.717, 1.165) is 12.8 Å². The topological polar surface area (TPSA) is 69.7 Å². The first-order valence-corrected chi connectivity index (χ1v) is 10.8. The van der Waals surface area contributed by atoms with E-state index in [1.807, 2.05) is 11.0 Å². The second kappa shape index (κ2) is 5.98. The molecule has 0 bridgehead atoms. The summed E-state index contributed by atoms with van der Waals surface area (Å²) in [6.07, 6.45) is 1.55. The largest absolute Gasteiger partial charge is 0.324 e. The Balaban J connectivity index is 1.58. The van der Waals surface area contributed by atoms with Gasteiger partial charge in [0.15, 0.2) is 0 Å². The lowest BCUT2D eigenvalue weighted by Gasteiger charge is -2.36. The number of amides is 3. The summed E-state index contributed by atoms with van der Waals surface area (Å²) < 4.78 is 14.9. The number of anilines is 2. The summed E-state index contributed by atoms with van der Waals surface area (Å²) in [5.41, 5.74) is 0.0835. The standard InChI is InChI=1S/C22H17BrFN3O3/c23-13-4-1-2-5-15(13)27-19(28)17-16-6-3-9-26(16)22(18(17)20(27)29)12-10-11(24)7-8-14(12)25-21(22)30/h1-2,4-5,7-8,10,16-18H,3,6,9H2,(H,25,30)/t16-,17+,18-,22+/m0/s1. The van der Waals surface area contributed by atoms with Crippen LogP contribution in [0.15, 0.2) is 46.9 Å². The van der Waals surface area contributed by atoms with Crippen LogP contribution in [0.4, 0.5) is 15.8 Å². The summed E-state index contributed by atoms with van der Waals surface area (Å²) in [5, 5.41) is 2.85. The fourth-order valence-corrected chi connectivity index (χ4v) is 6.51. The zero-order valence-electron chi connectivity index (χ0n) is 15.8. The van der Waals surface area contributed by atoms with E-state index in [1.54, 1.807) is 18.2 Å². The lowest BCUT2D eigenvalue weighted by atomic mass is 9.75. The fraction of sp³-hybridized carbons (Fsp3) is 0.318. The Labute approximate surface area is 180 Å². The first kappa shape index (κ1) is 18.2. The predicted octanol–water partition coefficient (Wildman–Crippen LogP) is 3.02. The Morgan fingerprint density at radius 1 is 1.10 bits per heavy atom. The van der Waals surface area contributed by atoms with Gasteiger partial charge in [0, 0.05) is 21.8 Å². The van der Waals surface area contributed by atoms with Gasteiger partial charge in [-0.3, -0.25) is 19.3 Å². The normalized spacial score (nSPS) is 32.0. The van der Waals surface area contributed by atoms with Crippen molar-refractivity contribution in [3.05, 3.63) is 58.3 Å². The molecule has 1 N–H and O–H groups in total. The zero-order valence-corrected chi connectivity index (χ0v) is 17.4. The number of halogens is 2. The summed E-state index contributed by atoms with van der Waals surface area (Å²) in [4.78, 5) is 44.0. The van der Waals surface area contributed by atoms with Crippen LogP contribution in [0.3, 0.4) is 0 Å². The van der Waals surface area contributed by atoms with Gasteiger partial charge >= 0.3 is 0 Å². The number of para-hydroxylation sites is 1. The maximum atomic E-state index is 14.3. The number of nitrogens with one attached hydrogen (secondary N) is 1. The van der Waals surface area contributed by atoms with E-state index in [-0.39, 0.29) is 17.9 Å². The summed E-state index contributed by atoms with van der Waals surface area (Å²) in [6, 6.07) is 11.0. The Morgan fingerprint density at radius 2 is 1.90 bits per heavy atom. The van der Waals surface area contributed by atoms with Crippen molar-refractivity contribution in [1.82, 2.24) is 4.90 Å². The first-order valence-electron chi connectivity index (χ1n) is 9.97. The molecule has 8 heteroatoms. The molecule has 3 fully saturated rings. The van der Waals surface area contributed by atoms with Gasteiger partial charge in [0.2, 0.25) is 17.7 Å². The second-order valence-electron chi connectivity index (χ2n) is 8.28. The van der Waals surface area contributed by atoms with Gasteiger partial charge in [0.25, 0.3) is 0 Å². The van der Waals surface area contributed by atoms with Crippen LogP contribution in [0.2, 0.25) is 0 Å². The third kappa shape index (κ3) is 1.98. The maximum Gasteiger partial charge on any atom is 0.250 e. The number of imide groups is 1. The molecular formula is C22H17BrFN3O3. The molecule has 0 aromatic heterocycles. The summed E-state index contributed by atoms with van der Waals surface area (Å²) in [7, 11) is 0. The number of nitrogens with zero attached hydrogens (tertiary/aromatic N) is 2. The van der Waals surface area contributed by atoms with Crippen molar-refractivity contribution in [1.29, 1.82) is 0 Å². The van der Waals surface area contributed by atoms with Crippen molar-refractivity contribution in [2.24, 2.45) is 11.8 Å². The van der Waals surface area contributed by atoms with Crippen LogP contribution >= 0.6 is 15.9 Å². The number of rotatable bonds is 1. The molecular weight excluding hydrogens is 453 g/mol. The quantitative estimate of drug-likeness (QED) is 0.651. The van der Waals surface area contributed by atoms with Crippen molar-refractivity contribution in [3.8, 4) is 0 Å². The van der Waals surface area contributed by atoms with Crippen molar-refractivity contribution in [2.45, 2.75) is 24.4 Å². The second-order valence-corrected chi connectivity index (χ2v) is 9.13. The van der Waals surface area contributed by atoms with Gasteiger partial charge in [-0.1, -0.05) is 12.1 Å². The lowest BCUT2D eigenvalue weighted by Crippen LogP contribution is -2.54. The third-order valence-corrected chi connectivity index (χ3v) is 7.72. The van der Waals surface area contributed by atoms with Gasteiger partial charge in [0.1, 0.15) is 11.4 Å². The monoisotopic (exact) mass is 469 g/mol. The van der Waals surface area contributed by atoms with Crippen molar-refractivity contribution < 1.29 is 18.8 Å². The number of hydrogen-bond acceptors (Lipinski definition) is 4. The van der Waals surface area contributed by atoms with Crippen LogP contribution in [-0.4, -0.2) is 35.2 Å². The van der Waals surface area contributed by atoms with Gasteiger partial charge in [-0.2, -0.15) is 0 Å². The Kier molecular flexibility index (Phi) is 3.63. The molecule has 2 aromatic rings. The molecule has 4 aliphatic rings. The number of benzene rings is 2. The van der Waals surface area contributed by atoms with Gasteiger partial charge in [0.05, 0.1) is 17.5 Å². The molecule has 6 rings (SSSR count). The summed E-state index contributed by atoms with van der Waals surface area (Å²) >= 11 is 3.43. The zero-order chi connectivity index (χ0) is 20.8. The minimum absolute atomic E-state index is 0.223. The molecule has 30 heavy (non-hydrogen) atoms. The molecule has 4 heterocycles. The van der Waals surface area contributed by atoms with Crippen LogP contribution in [0.25, 0.3) is 0 Å². The smallest absolute Gasteiger partial charge is 0.250 e. The van der Waals surface area contributed by atoms with E-state index < -0.39 is 29.1 Å². The highest BCUT2D eigenvalue weighted by atomic mass is 79.9. The highest BCUT2D eigenvalue weighted by molar-refractivity contribution is 9.10. The minimum atomic E-state index is -1.36. The lowest BCUT2D eigenvalue weighted by molar-refractivity contribution is -0.135. The number of fused-ring (bicyclic) bond motifs is 7. The minimum Gasteiger partial charge on any atom is -0.324 e. The van der Waals surface area contributed by atoms with E-state index in [1.165, 1.54) is 23.1 Å². The third-order valence-electron chi connectivity index (χ3n) is 7.05. The van der Waals surface area contributed by atoms with Gasteiger partial charge < -0.3 is 5.32 Å². The van der Waals surface area contributed by atoms with Crippen LogP contribution in [0.1, 0.15) is 18.4 Å². The fourth-order valence-electron chi connectivity index (χ4n) is 6.05. The number of carbonyl (C=O) groups is 3. The molecule has 3 amide bonds. The molecule has 0 unspecified atom stereocenters. The van der Waals surface area contributed by atoms with Crippen molar-refractivity contribution >= 4 is 45.0 Å². The Bertz CT molecular complexity index is 1150. The highest BCUT2D eigenvalue weighted by Gasteiger charge is 2.74. The molecule has 0 saturated carbocycles. The summed E-state index contributed by atoms with van der Waals surface area (Å²) in [6.45, 7) is 0.594. The van der Waals surface area contributed by atoms with E-state index in [4.69, 9.17) is 0 Å². The summed E-state index contributed by atoms with van der Waals surface area (Å²) in [5.74, 6) is -3.03. The first-order chi connectivity index (χ1) is 14.5. The van der Waals surface area contributed by atoms with Crippen LogP contribution in [-0.2, 0) is 19.9 Å². The average molecular weight is 470 g/mol. The molecule has 4 aliphatic heterocycles. The SMILES string of the molecule is O=C1[C@H]2[C@@H](C(=O)N1c1ccccc1Br)[C@]1(C(=O)Nc3ccc(F)cc31)N1CCC[C@@H]21. The average Bonchev–Trinajstić information content (AvgIpc) is 3.42. The van der Waals surface area contributed by atoms with Crippen LogP contribution < -0.4 is 10.2 Å².